The monoisotopic (exact) mass is 633 g/mol. The summed E-state index contributed by atoms with van der Waals surface area (Å²) < 4.78 is 12.7. The minimum Gasteiger partial charge on any atom is -0.455 e. The molecule has 2 aromatic rings. The van der Waals surface area contributed by atoms with Crippen molar-refractivity contribution in [2.24, 2.45) is 11.8 Å². The number of allylic oxidation sites excluding steroid dienone is 1. The maximum Gasteiger partial charge on any atom is 0.313 e. The van der Waals surface area contributed by atoms with Gasteiger partial charge in [-0.25, -0.2) is 0 Å². The average molecular weight is 634 g/mol. The smallest absolute Gasteiger partial charge is 0.313 e. The minimum atomic E-state index is -1.43. The Morgan fingerprint density at radius 3 is 2.44 bits per heavy atom. The molecule has 4 aliphatic heterocycles. The summed E-state index contributed by atoms with van der Waals surface area (Å²) in [5.74, 6) is -3.73. The summed E-state index contributed by atoms with van der Waals surface area (Å²) in [6.07, 6.45) is 6.14. The predicted molar refractivity (Wildman–Crippen MR) is 166 cm³/mol. The standard InChI is InChI=1S/C34H36ClN3O7/c1-21-29(22-9-5-3-6-10-22)44-33(43)27-25-16-17-34(45-25)28(27)31(41)38(19-20-39)30(34)32(42)37(24-14-12-23(35)13-15-24)18-8-4-7-11-26(40)36(21)2/h3-6,8-10,12-17,21,25,27-30,39H,7,11,18-20H2,1-2H3/b8-4-/t21-,25+,27-,28-,29+,30+,34-/m1/s1. The third-order valence-corrected chi connectivity index (χ3v) is 9.67. The molecule has 2 aromatic carbocycles. The van der Waals surface area contributed by atoms with E-state index >= 15 is 0 Å². The first-order valence-electron chi connectivity index (χ1n) is 15.2. The number of esters is 1. The maximum atomic E-state index is 14.6. The number of ether oxygens (including phenoxy) is 2. The van der Waals surface area contributed by atoms with E-state index in [1.54, 1.807) is 48.4 Å². The van der Waals surface area contributed by atoms with Crippen LogP contribution in [0.25, 0.3) is 0 Å². The van der Waals surface area contributed by atoms with Crippen LogP contribution in [0.5, 0.6) is 0 Å². The highest BCUT2D eigenvalue weighted by Crippen LogP contribution is 2.56. The Morgan fingerprint density at radius 2 is 1.73 bits per heavy atom. The first kappa shape index (κ1) is 31.0. The van der Waals surface area contributed by atoms with E-state index in [-0.39, 0.29) is 32.0 Å². The number of rotatable bonds is 4. The molecule has 4 aliphatic rings. The lowest BCUT2D eigenvalue weighted by atomic mass is 9.74. The Kier molecular flexibility index (Phi) is 8.56. The lowest BCUT2D eigenvalue weighted by Gasteiger charge is -2.35. The van der Waals surface area contributed by atoms with Crippen LogP contribution < -0.4 is 4.90 Å². The van der Waals surface area contributed by atoms with Crippen molar-refractivity contribution in [2.45, 2.75) is 49.7 Å². The van der Waals surface area contributed by atoms with Crippen molar-refractivity contribution in [1.82, 2.24) is 9.80 Å². The highest BCUT2D eigenvalue weighted by Gasteiger charge is 2.73. The molecule has 1 spiro atoms. The van der Waals surface area contributed by atoms with Gasteiger partial charge in [0.1, 0.15) is 23.7 Å². The highest BCUT2D eigenvalue weighted by molar-refractivity contribution is 6.30. The van der Waals surface area contributed by atoms with Gasteiger partial charge in [-0.3, -0.25) is 19.2 Å². The van der Waals surface area contributed by atoms with E-state index in [4.69, 9.17) is 21.1 Å². The van der Waals surface area contributed by atoms with Crippen LogP contribution >= 0.6 is 11.6 Å². The normalized spacial score (nSPS) is 32.7. The Hall–Kier alpha value is -3.99. The lowest BCUT2D eigenvalue weighted by molar-refractivity contribution is -0.164. The van der Waals surface area contributed by atoms with E-state index in [0.29, 0.717) is 22.7 Å². The number of β-amino-alcohol motifs (C(OH)–C–C–N with tert-alkyl or cyclic N) is 1. The molecule has 11 heteroatoms. The summed E-state index contributed by atoms with van der Waals surface area (Å²) in [6, 6.07) is 14.3. The van der Waals surface area contributed by atoms with Gasteiger partial charge in [-0.15, -0.1) is 0 Å². The van der Waals surface area contributed by atoms with Crippen molar-refractivity contribution < 1.29 is 33.8 Å². The third kappa shape index (κ3) is 5.34. The molecule has 0 aromatic heterocycles. The quantitative estimate of drug-likeness (QED) is 0.406. The molecular weight excluding hydrogens is 598 g/mol. The average Bonchev–Trinajstić information content (AvgIpc) is 3.68. The number of hydrogen-bond acceptors (Lipinski definition) is 7. The van der Waals surface area contributed by atoms with Crippen molar-refractivity contribution in [3.63, 3.8) is 0 Å². The Balaban J connectivity index is 1.45. The summed E-state index contributed by atoms with van der Waals surface area (Å²) in [4.78, 5) is 60.6. The fourth-order valence-electron chi connectivity index (χ4n) is 7.06. The first-order valence-corrected chi connectivity index (χ1v) is 15.6. The molecule has 10 nitrogen and oxygen atoms in total. The summed E-state index contributed by atoms with van der Waals surface area (Å²) in [5.41, 5.74) is -0.178. The van der Waals surface area contributed by atoms with E-state index in [9.17, 15) is 24.3 Å². The number of halogens is 1. The molecule has 4 heterocycles. The number of fused-ring (bicyclic) bond motifs is 2. The molecule has 0 aliphatic carbocycles. The van der Waals surface area contributed by atoms with Gasteiger partial charge in [-0.1, -0.05) is 66.2 Å². The zero-order valence-electron chi connectivity index (χ0n) is 25.1. The van der Waals surface area contributed by atoms with Gasteiger partial charge in [0, 0.05) is 37.3 Å². The van der Waals surface area contributed by atoms with Gasteiger partial charge >= 0.3 is 5.97 Å². The molecular formula is C34H36ClN3O7. The van der Waals surface area contributed by atoms with E-state index in [0.717, 1.165) is 0 Å². The van der Waals surface area contributed by atoms with Crippen molar-refractivity contribution in [2.75, 3.05) is 31.6 Å². The van der Waals surface area contributed by atoms with Crippen molar-refractivity contribution in [3.05, 3.63) is 89.5 Å². The number of benzene rings is 2. The van der Waals surface area contributed by atoms with E-state index in [1.807, 2.05) is 49.4 Å². The summed E-state index contributed by atoms with van der Waals surface area (Å²) in [5, 5.41) is 10.5. The summed E-state index contributed by atoms with van der Waals surface area (Å²) >= 11 is 6.15. The SMILES string of the molecule is C[C@@H]1[C@@H](c2ccccc2)OC(=O)[C@@H]2[C@@H]3C=C[C@]4(O3)[C@H](C(=O)N(c3ccc(Cl)cc3)C/C=C\CCC(=O)N1C)N(CCO)C(=O)[C@@H]24. The van der Waals surface area contributed by atoms with Crippen LogP contribution in [0.3, 0.4) is 0 Å². The number of carbonyl (C=O) groups excluding carboxylic acids is 4. The summed E-state index contributed by atoms with van der Waals surface area (Å²) in [7, 11) is 1.69. The van der Waals surface area contributed by atoms with Crippen LogP contribution in [0, 0.1) is 11.8 Å². The molecule has 0 radical (unpaired) electrons. The molecule has 3 amide bonds. The van der Waals surface area contributed by atoms with Crippen LogP contribution in [0.1, 0.15) is 31.4 Å². The minimum absolute atomic E-state index is 0.113. The Bertz CT molecular complexity index is 1530. The molecule has 7 atom stereocenters. The van der Waals surface area contributed by atoms with Crippen LogP contribution in [-0.2, 0) is 28.7 Å². The fourth-order valence-corrected chi connectivity index (χ4v) is 7.18. The van der Waals surface area contributed by atoms with Gasteiger partial charge in [0.15, 0.2) is 0 Å². The number of nitrogens with zero attached hydrogens (tertiary/aromatic N) is 3. The van der Waals surface area contributed by atoms with Gasteiger partial charge in [-0.05, 0) is 43.2 Å². The first-order chi connectivity index (χ1) is 21.7. The molecule has 1 N–H and O–H groups in total. The second-order valence-electron chi connectivity index (χ2n) is 11.9. The Morgan fingerprint density at radius 1 is 1.00 bits per heavy atom. The second-order valence-corrected chi connectivity index (χ2v) is 12.3. The number of carbonyl (C=O) groups is 4. The van der Waals surface area contributed by atoms with Crippen LogP contribution in [0.15, 0.2) is 78.9 Å². The van der Waals surface area contributed by atoms with E-state index in [2.05, 4.69) is 0 Å². The van der Waals surface area contributed by atoms with Gasteiger partial charge in [0.2, 0.25) is 11.8 Å². The molecule has 2 fully saturated rings. The van der Waals surface area contributed by atoms with Crippen LogP contribution in [0.4, 0.5) is 5.69 Å². The van der Waals surface area contributed by atoms with Gasteiger partial charge in [0.05, 0.1) is 24.7 Å². The number of aliphatic hydroxyl groups excluding tert-OH is 1. The second kappa shape index (κ2) is 12.4. The number of amides is 3. The van der Waals surface area contributed by atoms with Crippen molar-refractivity contribution >= 4 is 41.0 Å². The van der Waals surface area contributed by atoms with Crippen LogP contribution in [-0.4, -0.2) is 89.1 Å². The van der Waals surface area contributed by atoms with Crippen LogP contribution in [0.2, 0.25) is 5.02 Å². The molecule has 5 bridgehead atoms. The number of anilines is 1. The van der Waals surface area contributed by atoms with E-state index in [1.165, 1.54) is 9.80 Å². The molecule has 2 saturated heterocycles. The zero-order valence-corrected chi connectivity index (χ0v) is 25.9. The molecule has 236 valence electrons. The number of likely N-dealkylation sites (N-methyl/N-ethyl adjacent to an activating group) is 1. The number of likely N-dealkylation sites (tertiary alicyclic amines) is 1. The molecule has 45 heavy (non-hydrogen) atoms. The number of cyclic esters (lactones) is 1. The number of aliphatic hydroxyl groups is 1. The predicted octanol–water partition coefficient (Wildman–Crippen LogP) is 3.30. The number of hydrogen-bond donors (Lipinski definition) is 1. The highest BCUT2D eigenvalue weighted by atomic mass is 35.5. The maximum absolute atomic E-state index is 14.6. The molecule has 0 unspecified atom stereocenters. The lowest BCUT2D eigenvalue weighted by Crippen LogP contribution is -2.56. The molecule has 6 rings (SSSR count). The van der Waals surface area contributed by atoms with Gasteiger partial charge < -0.3 is 29.3 Å². The third-order valence-electron chi connectivity index (χ3n) is 9.42. The van der Waals surface area contributed by atoms with Crippen molar-refractivity contribution in [3.8, 4) is 0 Å². The topological polar surface area (TPSA) is 117 Å². The van der Waals surface area contributed by atoms with Gasteiger partial charge in [-0.2, -0.15) is 0 Å². The Labute approximate surface area is 266 Å². The van der Waals surface area contributed by atoms with E-state index < -0.39 is 59.5 Å². The van der Waals surface area contributed by atoms with Crippen molar-refractivity contribution in [1.29, 1.82) is 0 Å². The zero-order chi connectivity index (χ0) is 31.9. The fraction of sp³-hybridized carbons (Fsp3) is 0.412. The molecule has 0 saturated carbocycles. The van der Waals surface area contributed by atoms with Gasteiger partial charge in [0.25, 0.3) is 5.91 Å². The summed E-state index contributed by atoms with van der Waals surface area (Å²) in [6.45, 7) is 1.48. The largest absolute Gasteiger partial charge is 0.455 e.